The molecule has 0 bridgehead atoms. The first-order chi connectivity index (χ1) is 15.2. The minimum absolute atomic E-state index is 0. The number of thiophene rings is 2. The fourth-order valence-corrected chi connectivity index (χ4v) is 7.59. The van der Waals surface area contributed by atoms with Crippen molar-refractivity contribution in [3.8, 4) is 10.6 Å². The van der Waals surface area contributed by atoms with Crippen LogP contribution in [0, 0.1) is 6.92 Å². The van der Waals surface area contributed by atoms with Crippen molar-refractivity contribution in [2.45, 2.75) is 52.0 Å². The molecule has 5 rings (SSSR count). The van der Waals surface area contributed by atoms with E-state index in [1.807, 2.05) is 29.8 Å². The van der Waals surface area contributed by atoms with Crippen LogP contribution in [0.4, 0.5) is 0 Å². The van der Waals surface area contributed by atoms with Gasteiger partial charge in [0.15, 0.2) is 0 Å². The minimum Gasteiger partial charge on any atom is -0.312 e. The number of nitrogens with one attached hydrogen (secondary N) is 1. The second-order valence-electron chi connectivity index (χ2n) is 8.04. The summed E-state index contributed by atoms with van der Waals surface area (Å²) in [5.74, 6) is 0.346. The summed E-state index contributed by atoms with van der Waals surface area (Å²) in [7, 11) is 0. The number of nitrogens with zero attached hydrogens (tertiary/aromatic N) is 2. The molecule has 0 spiro atoms. The van der Waals surface area contributed by atoms with Crippen LogP contribution in [-0.2, 0) is 30.6 Å². The summed E-state index contributed by atoms with van der Waals surface area (Å²) in [6.45, 7) is 4.05. The summed E-state index contributed by atoms with van der Waals surface area (Å²) in [4.78, 5) is 26.0. The van der Waals surface area contributed by atoms with Crippen LogP contribution in [0.25, 0.3) is 20.8 Å². The standard InChI is InChI=1S/C24H25N3OS3.H2/c1-15-8-11-29-19(15)5-3-2-4-16(28)12-21-23(17-6-9-26-14-22(17)30-21)24-27-18-13-25-10-7-20(18)31-24;/h7-8,10-11,13,26H,2-6,9,12,14H2,1H3;1H. The Morgan fingerprint density at radius 2 is 2.16 bits per heavy atom. The number of ketones is 1. The van der Waals surface area contributed by atoms with Crippen LogP contribution in [0.1, 0.15) is 46.4 Å². The van der Waals surface area contributed by atoms with Crippen LogP contribution in [0.3, 0.4) is 0 Å². The highest BCUT2D eigenvalue weighted by molar-refractivity contribution is 7.22. The van der Waals surface area contributed by atoms with E-state index in [0.717, 1.165) is 54.0 Å². The molecule has 31 heavy (non-hydrogen) atoms. The van der Waals surface area contributed by atoms with E-state index in [-0.39, 0.29) is 1.43 Å². The van der Waals surface area contributed by atoms with Gasteiger partial charge in [-0.3, -0.25) is 9.78 Å². The lowest BCUT2D eigenvalue weighted by Crippen LogP contribution is -2.22. The molecule has 0 saturated heterocycles. The number of aryl methyl sites for hydroxylation is 2. The van der Waals surface area contributed by atoms with E-state index >= 15 is 0 Å². The van der Waals surface area contributed by atoms with Crippen molar-refractivity contribution in [1.82, 2.24) is 15.3 Å². The molecule has 1 N–H and O–H groups in total. The molecular weight excluding hydrogens is 442 g/mol. The Kier molecular flexibility index (Phi) is 6.27. The number of rotatable bonds is 8. The number of thiazole rings is 1. The Labute approximate surface area is 195 Å². The second kappa shape index (κ2) is 9.28. The molecule has 4 aromatic heterocycles. The Balaban J connectivity index is 0.00000245. The number of unbranched alkanes of at least 4 members (excludes halogenated alkanes) is 1. The average molecular weight is 470 g/mol. The van der Waals surface area contributed by atoms with Crippen LogP contribution in [-0.4, -0.2) is 22.3 Å². The molecule has 162 valence electrons. The van der Waals surface area contributed by atoms with Crippen molar-refractivity contribution in [1.29, 1.82) is 0 Å². The molecule has 4 nitrogen and oxygen atoms in total. The van der Waals surface area contributed by atoms with Crippen molar-refractivity contribution in [2.24, 2.45) is 0 Å². The SMILES string of the molecule is Cc1ccsc1CCCCC(=O)Cc1sc2c(c1-c1nc3cnccc3s1)CCNC2.[HH]. The molecule has 0 saturated carbocycles. The molecule has 0 fully saturated rings. The van der Waals surface area contributed by atoms with Crippen LogP contribution in [0.15, 0.2) is 29.9 Å². The zero-order chi connectivity index (χ0) is 21.2. The van der Waals surface area contributed by atoms with Crippen molar-refractivity contribution in [3.05, 3.63) is 55.7 Å². The fourth-order valence-electron chi connectivity index (χ4n) is 4.19. The Bertz CT molecular complexity index is 1190. The van der Waals surface area contributed by atoms with Crippen LogP contribution in [0.5, 0.6) is 0 Å². The first kappa shape index (κ1) is 20.9. The van der Waals surface area contributed by atoms with Crippen LogP contribution < -0.4 is 5.32 Å². The summed E-state index contributed by atoms with van der Waals surface area (Å²) >= 11 is 5.35. The van der Waals surface area contributed by atoms with Crippen molar-refractivity contribution in [3.63, 3.8) is 0 Å². The molecule has 0 unspecified atom stereocenters. The number of Topliss-reactive ketones (excluding diaryl/α,β-unsaturated/α-hetero) is 1. The average Bonchev–Trinajstić information content (AvgIpc) is 3.47. The highest BCUT2D eigenvalue weighted by Crippen LogP contribution is 2.41. The van der Waals surface area contributed by atoms with Gasteiger partial charge in [-0.2, -0.15) is 0 Å². The lowest BCUT2D eigenvalue weighted by molar-refractivity contribution is -0.118. The van der Waals surface area contributed by atoms with Crippen LogP contribution in [0.2, 0.25) is 0 Å². The molecular formula is C24H27N3OS3. The van der Waals surface area contributed by atoms with Gasteiger partial charge in [0.1, 0.15) is 16.3 Å². The summed E-state index contributed by atoms with van der Waals surface area (Å²) in [5, 5.41) is 6.67. The maximum absolute atomic E-state index is 12.9. The fraction of sp³-hybridized carbons (Fsp3) is 0.375. The smallest absolute Gasteiger partial charge is 0.138 e. The van der Waals surface area contributed by atoms with E-state index in [0.29, 0.717) is 18.6 Å². The van der Waals surface area contributed by atoms with Crippen molar-refractivity contribution < 1.29 is 6.22 Å². The van der Waals surface area contributed by atoms with Crippen LogP contribution >= 0.6 is 34.0 Å². The molecule has 0 atom stereocenters. The molecule has 0 aliphatic carbocycles. The number of carbonyl (C=O) groups excluding carboxylic acids is 1. The number of aromatic nitrogens is 2. The van der Waals surface area contributed by atoms with E-state index in [9.17, 15) is 4.79 Å². The monoisotopic (exact) mass is 469 g/mol. The Morgan fingerprint density at radius 1 is 1.23 bits per heavy atom. The molecule has 0 aromatic carbocycles. The van der Waals surface area contributed by atoms with Gasteiger partial charge in [-0.25, -0.2) is 4.98 Å². The van der Waals surface area contributed by atoms with Gasteiger partial charge < -0.3 is 5.32 Å². The zero-order valence-electron chi connectivity index (χ0n) is 17.6. The molecule has 0 radical (unpaired) electrons. The third-order valence-corrected chi connectivity index (χ3v) is 9.21. The van der Waals surface area contributed by atoms with E-state index < -0.39 is 0 Å². The summed E-state index contributed by atoms with van der Waals surface area (Å²) < 4.78 is 1.15. The maximum atomic E-state index is 12.9. The third-order valence-electron chi connectivity index (χ3n) is 5.84. The Hall–Kier alpha value is -1.93. The third kappa shape index (κ3) is 4.51. The van der Waals surface area contributed by atoms with Crippen molar-refractivity contribution >= 4 is 50.0 Å². The number of hydrogen-bond acceptors (Lipinski definition) is 7. The zero-order valence-corrected chi connectivity index (χ0v) is 20.0. The molecule has 0 amide bonds. The predicted molar refractivity (Wildman–Crippen MR) is 134 cm³/mol. The van der Waals surface area contributed by atoms with Gasteiger partial charge in [0.25, 0.3) is 0 Å². The molecule has 1 aliphatic rings. The highest BCUT2D eigenvalue weighted by Gasteiger charge is 2.25. The second-order valence-corrected chi connectivity index (χ2v) is 11.3. The predicted octanol–water partition coefficient (Wildman–Crippen LogP) is 6.21. The number of pyridine rings is 1. The highest BCUT2D eigenvalue weighted by atomic mass is 32.1. The first-order valence-corrected chi connectivity index (χ1v) is 13.3. The van der Waals surface area contributed by atoms with Gasteiger partial charge in [-0.15, -0.1) is 34.0 Å². The number of fused-ring (bicyclic) bond motifs is 2. The molecule has 5 heterocycles. The minimum atomic E-state index is 0. The van der Waals surface area contributed by atoms with E-state index in [4.69, 9.17) is 4.98 Å². The van der Waals surface area contributed by atoms with Gasteiger partial charge in [-0.05, 0) is 67.8 Å². The quantitative estimate of drug-likeness (QED) is 0.312. The lowest BCUT2D eigenvalue weighted by atomic mass is 10.00. The largest absolute Gasteiger partial charge is 0.312 e. The number of hydrogen-bond donors (Lipinski definition) is 1. The van der Waals surface area contributed by atoms with Gasteiger partial charge >= 0.3 is 0 Å². The molecule has 7 heteroatoms. The normalized spacial score (nSPS) is 13.6. The topological polar surface area (TPSA) is 54.9 Å². The first-order valence-electron chi connectivity index (χ1n) is 10.8. The lowest BCUT2D eigenvalue weighted by Gasteiger charge is -2.13. The summed E-state index contributed by atoms with van der Waals surface area (Å²) in [6.07, 6.45) is 8.97. The molecule has 1 aliphatic heterocycles. The van der Waals surface area contributed by atoms with E-state index in [1.54, 1.807) is 22.7 Å². The maximum Gasteiger partial charge on any atom is 0.138 e. The summed E-state index contributed by atoms with van der Waals surface area (Å²) in [5.41, 5.74) is 4.94. The summed E-state index contributed by atoms with van der Waals surface area (Å²) in [6, 6.07) is 4.20. The van der Waals surface area contributed by atoms with Gasteiger partial charge in [0.05, 0.1) is 10.9 Å². The van der Waals surface area contributed by atoms with Gasteiger partial charge in [0.2, 0.25) is 0 Å². The van der Waals surface area contributed by atoms with Gasteiger partial charge in [-0.1, -0.05) is 0 Å². The molecule has 4 aromatic rings. The number of carbonyl (C=O) groups is 1. The van der Waals surface area contributed by atoms with Gasteiger partial charge in [0, 0.05) is 47.2 Å². The van der Waals surface area contributed by atoms with E-state index in [2.05, 4.69) is 28.7 Å². The van der Waals surface area contributed by atoms with Crippen molar-refractivity contribution in [2.75, 3.05) is 6.54 Å². The Morgan fingerprint density at radius 3 is 3.00 bits per heavy atom. The van der Waals surface area contributed by atoms with E-state index in [1.165, 1.54) is 31.3 Å².